The third-order valence-corrected chi connectivity index (χ3v) is 3.05. The van der Waals surface area contributed by atoms with Crippen LogP contribution in [0, 0.1) is 13.8 Å². The summed E-state index contributed by atoms with van der Waals surface area (Å²) in [6, 6.07) is 6.77. The minimum Gasteiger partial charge on any atom is -0.317 e. The molecule has 90 valence electrons. The second-order valence-corrected chi connectivity index (χ2v) is 4.59. The fourth-order valence-electron chi connectivity index (χ4n) is 1.99. The summed E-state index contributed by atoms with van der Waals surface area (Å²) in [6.07, 6.45) is 5.19. The molecule has 0 aliphatic rings. The van der Waals surface area contributed by atoms with Gasteiger partial charge in [-0.15, -0.1) is 0 Å². The number of benzene rings is 1. The number of hydrogen-bond acceptors (Lipinski definition) is 1. The first-order valence-corrected chi connectivity index (χ1v) is 6.51. The number of unbranched alkanes of at least 4 members (excludes halogenated alkanes) is 2. The van der Waals surface area contributed by atoms with E-state index >= 15 is 0 Å². The molecule has 16 heavy (non-hydrogen) atoms. The molecular formula is C15H25N. The zero-order chi connectivity index (χ0) is 11.8. The summed E-state index contributed by atoms with van der Waals surface area (Å²) in [7, 11) is 0. The molecule has 0 spiro atoms. The monoisotopic (exact) mass is 219 g/mol. The standard InChI is InChI=1S/C15H25N/c1-4-16-11-7-5-6-8-15-12-13(2)9-10-14(15)3/h9-10,12,16H,4-8,11H2,1-3H3. The molecule has 0 radical (unpaired) electrons. The van der Waals surface area contributed by atoms with E-state index in [2.05, 4.69) is 44.3 Å². The molecule has 0 amide bonds. The molecule has 1 aromatic carbocycles. The Morgan fingerprint density at radius 3 is 2.62 bits per heavy atom. The van der Waals surface area contributed by atoms with Crippen LogP contribution < -0.4 is 5.32 Å². The van der Waals surface area contributed by atoms with Gasteiger partial charge in [0, 0.05) is 0 Å². The van der Waals surface area contributed by atoms with Crippen LogP contribution in [0.1, 0.15) is 42.9 Å². The molecule has 1 aromatic rings. The summed E-state index contributed by atoms with van der Waals surface area (Å²) >= 11 is 0. The average Bonchev–Trinajstić information content (AvgIpc) is 2.28. The van der Waals surface area contributed by atoms with E-state index < -0.39 is 0 Å². The Morgan fingerprint density at radius 2 is 1.88 bits per heavy atom. The Bertz CT molecular complexity index is 304. The molecule has 1 heteroatoms. The van der Waals surface area contributed by atoms with Crippen molar-refractivity contribution >= 4 is 0 Å². The first kappa shape index (κ1) is 13.2. The van der Waals surface area contributed by atoms with Gasteiger partial charge in [-0.2, -0.15) is 0 Å². The fourth-order valence-corrected chi connectivity index (χ4v) is 1.99. The molecule has 0 aromatic heterocycles. The lowest BCUT2D eigenvalue weighted by Gasteiger charge is -2.07. The normalized spacial score (nSPS) is 10.7. The van der Waals surface area contributed by atoms with Crippen molar-refractivity contribution in [2.24, 2.45) is 0 Å². The number of rotatable bonds is 7. The van der Waals surface area contributed by atoms with Gasteiger partial charge in [0.15, 0.2) is 0 Å². The Balaban J connectivity index is 2.23. The molecule has 0 atom stereocenters. The lowest BCUT2D eigenvalue weighted by Crippen LogP contribution is -2.13. The molecule has 1 nitrogen and oxygen atoms in total. The molecular weight excluding hydrogens is 194 g/mol. The zero-order valence-electron chi connectivity index (χ0n) is 11.0. The highest BCUT2D eigenvalue weighted by atomic mass is 14.8. The highest BCUT2D eigenvalue weighted by Crippen LogP contribution is 2.13. The predicted molar refractivity (Wildman–Crippen MR) is 72.0 cm³/mol. The van der Waals surface area contributed by atoms with Crippen LogP contribution in [-0.4, -0.2) is 13.1 Å². The highest BCUT2D eigenvalue weighted by molar-refractivity contribution is 5.30. The number of hydrogen-bond donors (Lipinski definition) is 1. The molecule has 0 heterocycles. The van der Waals surface area contributed by atoms with Gasteiger partial charge in [-0.25, -0.2) is 0 Å². The van der Waals surface area contributed by atoms with E-state index in [1.165, 1.54) is 48.9 Å². The van der Waals surface area contributed by atoms with Gasteiger partial charge in [0.1, 0.15) is 0 Å². The highest BCUT2D eigenvalue weighted by Gasteiger charge is 1.98. The van der Waals surface area contributed by atoms with Gasteiger partial charge < -0.3 is 5.32 Å². The summed E-state index contributed by atoms with van der Waals surface area (Å²) in [5.41, 5.74) is 4.36. The molecule has 1 rings (SSSR count). The third-order valence-electron chi connectivity index (χ3n) is 3.05. The maximum absolute atomic E-state index is 3.37. The molecule has 1 N–H and O–H groups in total. The number of nitrogens with one attached hydrogen (secondary N) is 1. The Labute approximate surface area is 100 Å². The maximum atomic E-state index is 3.37. The molecule has 0 aliphatic heterocycles. The van der Waals surface area contributed by atoms with Crippen LogP contribution in [0.5, 0.6) is 0 Å². The third kappa shape index (κ3) is 4.80. The van der Waals surface area contributed by atoms with Crippen LogP contribution in [0.3, 0.4) is 0 Å². The van der Waals surface area contributed by atoms with Gasteiger partial charge in [0.2, 0.25) is 0 Å². The van der Waals surface area contributed by atoms with Crippen molar-refractivity contribution in [3.8, 4) is 0 Å². The average molecular weight is 219 g/mol. The lowest BCUT2D eigenvalue weighted by atomic mass is 10.00. The fraction of sp³-hybridized carbons (Fsp3) is 0.600. The molecule has 0 aliphatic carbocycles. The molecule has 0 saturated heterocycles. The van der Waals surface area contributed by atoms with Gasteiger partial charge >= 0.3 is 0 Å². The van der Waals surface area contributed by atoms with Gasteiger partial charge in [-0.3, -0.25) is 0 Å². The first-order chi connectivity index (χ1) is 7.74. The zero-order valence-corrected chi connectivity index (χ0v) is 11.0. The minimum absolute atomic E-state index is 1.09. The Hall–Kier alpha value is -0.820. The maximum Gasteiger partial charge on any atom is -0.00490 e. The van der Waals surface area contributed by atoms with Crippen LogP contribution >= 0.6 is 0 Å². The summed E-state index contributed by atoms with van der Waals surface area (Å²) in [5, 5.41) is 3.37. The lowest BCUT2D eigenvalue weighted by molar-refractivity contribution is 0.616. The summed E-state index contributed by atoms with van der Waals surface area (Å²) < 4.78 is 0. The van der Waals surface area contributed by atoms with Crippen LogP contribution in [0.4, 0.5) is 0 Å². The van der Waals surface area contributed by atoms with E-state index in [0.29, 0.717) is 0 Å². The van der Waals surface area contributed by atoms with Crippen LogP contribution in [0.25, 0.3) is 0 Å². The van der Waals surface area contributed by atoms with Crippen LogP contribution in [0.15, 0.2) is 18.2 Å². The topological polar surface area (TPSA) is 12.0 Å². The molecule has 0 saturated carbocycles. The molecule has 0 bridgehead atoms. The second-order valence-electron chi connectivity index (χ2n) is 4.59. The number of aryl methyl sites for hydroxylation is 3. The van der Waals surface area contributed by atoms with Crippen molar-refractivity contribution in [3.63, 3.8) is 0 Å². The van der Waals surface area contributed by atoms with Gasteiger partial charge in [0.25, 0.3) is 0 Å². The molecule has 0 fully saturated rings. The first-order valence-electron chi connectivity index (χ1n) is 6.51. The van der Waals surface area contributed by atoms with Crippen molar-refractivity contribution < 1.29 is 0 Å². The largest absolute Gasteiger partial charge is 0.317 e. The smallest absolute Gasteiger partial charge is 0.00490 e. The summed E-state index contributed by atoms with van der Waals surface area (Å²) in [4.78, 5) is 0. The molecule has 0 unspecified atom stereocenters. The quantitative estimate of drug-likeness (QED) is 0.691. The van der Waals surface area contributed by atoms with Crippen molar-refractivity contribution in [1.29, 1.82) is 0 Å². The van der Waals surface area contributed by atoms with Gasteiger partial charge in [-0.05, 0) is 57.3 Å². The Morgan fingerprint density at radius 1 is 1.06 bits per heavy atom. The van der Waals surface area contributed by atoms with Crippen LogP contribution in [0.2, 0.25) is 0 Å². The van der Waals surface area contributed by atoms with Crippen LogP contribution in [-0.2, 0) is 6.42 Å². The van der Waals surface area contributed by atoms with E-state index in [0.717, 1.165) is 6.54 Å². The SMILES string of the molecule is CCNCCCCCc1cc(C)ccc1C. The van der Waals surface area contributed by atoms with Gasteiger partial charge in [0.05, 0.1) is 0 Å². The minimum atomic E-state index is 1.09. The van der Waals surface area contributed by atoms with E-state index in [1.807, 2.05) is 0 Å². The second kappa shape index (κ2) is 7.45. The van der Waals surface area contributed by atoms with E-state index in [-0.39, 0.29) is 0 Å². The van der Waals surface area contributed by atoms with Crippen molar-refractivity contribution in [2.45, 2.75) is 46.5 Å². The van der Waals surface area contributed by atoms with E-state index in [4.69, 9.17) is 0 Å². The summed E-state index contributed by atoms with van der Waals surface area (Å²) in [6.45, 7) is 8.82. The van der Waals surface area contributed by atoms with E-state index in [1.54, 1.807) is 0 Å². The Kier molecular flexibility index (Phi) is 6.17. The van der Waals surface area contributed by atoms with Crippen molar-refractivity contribution in [1.82, 2.24) is 5.32 Å². The summed E-state index contributed by atoms with van der Waals surface area (Å²) in [5.74, 6) is 0. The van der Waals surface area contributed by atoms with E-state index in [9.17, 15) is 0 Å². The van der Waals surface area contributed by atoms with Crippen molar-refractivity contribution in [2.75, 3.05) is 13.1 Å². The van der Waals surface area contributed by atoms with Crippen molar-refractivity contribution in [3.05, 3.63) is 34.9 Å². The van der Waals surface area contributed by atoms with Gasteiger partial charge in [-0.1, -0.05) is 37.1 Å². The predicted octanol–water partition coefficient (Wildman–Crippen LogP) is 3.63.